The Bertz CT molecular complexity index is 1150. The molecular formula is C25H21N3O2S. The van der Waals surface area contributed by atoms with E-state index in [1.165, 1.54) is 17.3 Å². The smallest absolute Gasteiger partial charge is 0.234 e. The van der Waals surface area contributed by atoms with Gasteiger partial charge in [-0.2, -0.15) is 0 Å². The van der Waals surface area contributed by atoms with Gasteiger partial charge in [-0.1, -0.05) is 78.5 Å². The van der Waals surface area contributed by atoms with Gasteiger partial charge in [0, 0.05) is 5.56 Å². The van der Waals surface area contributed by atoms with Crippen molar-refractivity contribution in [3.8, 4) is 28.1 Å². The molecule has 1 amide bonds. The van der Waals surface area contributed by atoms with E-state index >= 15 is 0 Å². The number of hydrogen-bond donors (Lipinski definition) is 1. The largest absolute Gasteiger partial charge is 0.495 e. The predicted molar refractivity (Wildman–Crippen MR) is 125 cm³/mol. The van der Waals surface area contributed by atoms with Crippen molar-refractivity contribution in [1.82, 2.24) is 10.2 Å². The van der Waals surface area contributed by atoms with Gasteiger partial charge in [0.05, 0.1) is 24.2 Å². The number of benzene rings is 3. The minimum atomic E-state index is -0.128. The lowest BCUT2D eigenvalue weighted by Crippen LogP contribution is -2.14. The molecule has 0 spiro atoms. The number of carbonyl (C=O) groups is 1. The zero-order valence-corrected chi connectivity index (χ0v) is 17.8. The Morgan fingerprint density at radius 3 is 2.19 bits per heavy atom. The van der Waals surface area contributed by atoms with Gasteiger partial charge in [-0.3, -0.25) is 4.79 Å². The molecule has 154 valence electrons. The first-order valence-corrected chi connectivity index (χ1v) is 10.8. The van der Waals surface area contributed by atoms with Crippen molar-refractivity contribution < 1.29 is 9.53 Å². The maximum Gasteiger partial charge on any atom is 0.234 e. The average molecular weight is 428 g/mol. The number of rotatable bonds is 7. The zero-order chi connectivity index (χ0) is 21.5. The fourth-order valence-electron chi connectivity index (χ4n) is 3.09. The van der Waals surface area contributed by atoms with Crippen LogP contribution in [0.25, 0.3) is 22.4 Å². The third kappa shape index (κ3) is 5.29. The van der Waals surface area contributed by atoms with Crippen molar-refractivity contribution in [2.24, 2.45) is 0 Å². The van der Waals surface area contributed by atoms with Gasteiger partial charge in [0.1, 0.15) is 10.8 Å². The highest BCUT2D eigenvalue weighted by Crippen LogP contribution is 2.26. The van der Waals surface area contributed by atoms with Crippen molar-refractivity contribution in [3.05, 3.63) is 91.0 Å². The summed E-state index contributed by atoms with van der Waals surface area (Å²) in [5, 5.41) is 12.1. The lowest BCUT2D eigenvalue weighted by molar-refractivity contribution is -0.113. The number of hydrogen-bond acceptors (Lipinski definition) is 5. The second kappa shape index (κ2) is 9.91. The number of para-hydroxylation sites is 2. The van der Waals surface area contributed by atoms with E-state index in [1.807, 2.05) is 54.6 Å². The summed E-state index contributed by atoms with van der Waals surface area (Å²) in [7, 11) is 1.58. The fraction of sp³-hybridized carbons (Fsp3) is 0.0800. The van der Waals surface area contributed by atoms with Gasteiger partial charge in [0.25, 0.3) is 0 Å². The Morgan fingerprint density at radius 2 is 1.48 bits per heavy atom. The fourth-order valence-corrected chi connectivity index (χ4v) is 3.70. The molecule has 0 atom stereocenters. The lowest BCUT2D eigenvalue weighted by Gasteiger charge is -2.09. The van der Waals surface area contributed by atoms with Crippen molar-refractivity contribution in [1.29, 1.82) is 0 Å². The second-order valence-corrected chi connectivity index (χ2v) is 7.73. The molecule has 3 aromatic carbocycles. The van der Waals surface area contributed by atoms with E-state index in [0.717, 1.165) is 16.8 Å². The van der Waals surface area contributed by atoms with Gasteiger partial charge < -0.3 is 10.1 Å². The molecule has 0 aliphatic heterocycles. The monoisotopic (exact) mass is 427 g/mol. The molecule has 4 rings (SSSR count). The van der Waals surface area contributed by atoms with Crippen LogP contribution in [0.4, 0.5) is 5.69 Å². The molecular weight excluding hydrogens is 406 g/mol. The maximum absolute atomic E-state index is 12.3. The van der Waals surface area contributed by atoms with E-state index in [1.54, 1.807) is 19.2 Å². The molecule has 1 heterocycles. The Morgan fingerprint density at radius 1 is 0.806 bits per heavy atom. The molecule has 0 fully saturated rings. The van der Waals surface area contributed by atoms with Crippen LogP contribution in [0.5, 0.6) is 5.75 Å². The molecule has 0 bridgehead atoms. The highest BCUT2D eigenvalue weighted by molar-refractivity contribution is 7.99. The van der Waals surface area contributed by atoms with E-state index in [9.17, 15) is 4.79 Å². The minimum Gasteiger partial charge on any atom is -0.495 e. The Hall–Kier alpha value is -3.64. The number of nitrogens with zero attached hydrogens (tertiary/aromatic N) is 2. The average Bonchev–Trinajstić information content (AvgIpc) is 2.84. The summed E-state index contributed by atoms with van der Waals surface area (Å²) in [6.07, 6.45) is 0. The van der Waals surface area contributed by atoms with Crippen molar-refractivity contribution in [2.45, 2.75) is 5.03 Å². The molecule has 4 aromatic rings. The van der Waals surface area contributed by atoms with E-state index < -0.39 is 0 Å². The first kappa shape index (κ1) is 20.6. The third-order valence-corrected chi connectivity index (χ3v) is 5.58. The number of carbonyl (C=O) groups excluding carboxylic acids is 1. The van der Waals surface area contributed by atoms with Crippen LogP contribution in [0.2, 0.25) is 0 Å². The van der Waals surface area contributed by atoms with Gasteiger partial charge in [-0.25, -0.2) is 0 Å². The van der Waals surface area contributed by atoms with Crippen molar-refractivity contribution in [3.63, 3.8) is 0 Å². The Kier molecular flexibility index (Phi) is 6.59. The number of amides is 1. The number of anilines is 1. The van der Waals surface area contributed by atoms with Gasteiger partial charge >= 0.3 is 0 Å². The summed E-state index contributed by atoms with van der Waals surface area (Å²) in [6.45, 7) is 0. The maximum atomic E-state index is 12.3. The Labute approximate surface area is 185 Å². The van der Waals surface area contributed by atoms with Crippen LogP contribution in [-0.2, 0) is 4.79 Å². The van der Waals surface area contributed by atoms with Gasteiger partial charge in [-0.05, 0) is 35.4 Å². The summed E-state index contributed by atoms with van der Waals surface area (Å²) in [6, 6.07) is 29.6. The first-order chi connectivity index (χ1) is 15.2. The molecule has 0 saturated heterocycles. The van der Waals surface area contributed by atoms with Crippen LogP contribution in [0.3, 0.4) is 0 Å². The van der Waals surface area contributed by atoms with Crippen LogP contribution >= 0.6 is 11.8 Å². The van der Waals surface area contributed by atoms with Crippen LogP contribution < -0.4 is 10.1 Å². The van der Waals surface area contributed by atoms with Crippen LogP contribution in [0.1, 0.15) is 0 Å². The lowest BCUT2D eigenvalue weighted by atomic mass is 10.0. The molecule has 0 aliphatic rings. The quantitative estimate of drug-likeness (QED) is 0.392. The molecule has 5 nitrogen and oxygen atoms in total. The number of ether oxygens (including phenoxy) is 1. The summed E-state index contributed by atoms with van der Waals surface area (Å²) < 4.78 is 5.25. The summed E-state index contributed by atoms with van der Waals surface area (Å²) in [5.74, 6) is 0.734. The van der Waals surface area contributed by atoms with Crippen LogP contribution in [-0.4, -0.2) is 29.0 Å². The SMILES string of the molecule is COc1ccccc1NC(=O)CSc1ccc(-c2ccc(-c3ccccc3)cc2)nn1. The van der Waals surface area contributed by atoms with Crippen LogP contribution in [0, 0.1) is 0 Å². The molecule has 1 N–H and O–H groups in total. The molecule has 0 aliphatic carbocycles. The van der Waals surface area contributed by atoms with Crippen LogP contribution in [0.15, 0.2) is 96.0 Å². The number of nitrogens with one attached hydrogen (secondary N) is 1. The summed E-state index contributed by atoms with van der Waals surface area (Å²) in [4.78, 5) is 12.3. The molecule has 6 heteroatoms. The standard InChI is InChI=1S/C25H21N3O2S/c1-30-23-10-6-5-9-22(23)26-24(29)17-31-25-16-15-21(27-28-25)20-13-11-19(12-14-20)18-7-3-2-4-8-18/h2-16H,17H2,1H3,(H,26,29). The molecule has 0 saturated carbocycles. The van der Waals surface area contributed by atoms with Gasteiger partial charge in [0.2, 0.25) is 5.91 Å². The molecule has 1 aromatic heterocycles. The van der Waals surface area contributed by atoms with E-state index in [-0.39, 0.29) is 11.7 Å². The number of methoxy groups -OCH3 is 1. The minimum absolute atomic E-state index is 0.128. The summed E-state index contributed by atoms with van der Waals surface area (Å²) >= 11 is 1.34. The van der Waals surface area contributed by atoms with Crippen molar-refractivity contribution >= 4 is 23.4 Å². The van der Waals surface area contributed by atoms with E-state index in [2.05, 4.69) is 39.8 Å². The zero-order valence-electron chi connectivity index (χ0n) is 17.0. The van der Waals surface area contributed by atoms with Crippen molar-refractivity contribution in [2.75, 3.05) is 18.2 Å². The predicted octanol–water partition coefficient (Wildman–Crippen LogP) is 5.55. The third-order valence-electron chi connectivity index (χ3n) is 4.66. The Balaban J connectivity index is 1.35. The topological polar surface area (TPSA) is 64.1 Å². The summed E-state index contributed by atoms with van der Waals surface area (Å²) in [5.41, 5.74) is 4.78. The molecule has 0 radical (unpaired) electrons. The highest BCUT2D eigenvalue weighted by atomic mass is 32.2. The van der Waals surface area contributed by atoms with E-state index in [0.29, 0.717) is 16.5 Å². The highest BCUT2D eigenvalue weighted by Gasteiger charge is 2.09. The normalized spacial score (nSPS) is 10.5. The van der Waals surface area contributed by atoms with Gasteiger partial charge in [0.15, 0.2) is 0 Å². The number of aromatic nitrogens is 2. The molecule has 0 unspecified atom stereocenters. The van der Waals surface area contributed by atoms with Gasteiger partial charge in [-0.15, -0.1) is 10.2 Å². The van der Waals surface area contributed by atoms with E-state index in [4.69, 9.17) is 4.74 Å². The molecule has 31 heavy (non-hydrogen) atoms. The first-order valence-electron chi connectivity index (χ1n) is 9.78. The number of thioether (sulfide) groups is 1. The second-order valence-electron chi connectivity index (χ2n) is 6.74.